The van der Waals surface area contributed by atoms with Crippen LogP contribution in [0.25, 0.3) is 0 Å². The van der Waals surface area contributed by atoms with E-state index >= 15 is 0 Å². The van der Waals surface area contributed by atoms with Crippen LogP contribution in [0.3, 0.4) is 0 Å². The van der Waals surface area contributed by atoms with Crippen LogP contribution in [-0.4, -0.2) is 17.9 Å². The standard InChI is InChI=1S/C16H14FNO2.C12H24.C2H2/c1-18-9-12-7-8-13(15(17)14(12)16(18)19)20-10-11-5-3-2-4-6-11;1-3-4-8-11(2)12-9-6-5-7-10-12;1-2/h2-8H,9-10H2,1H3;11-12H,3-10H2,1-2H3;1-2H. The van der Waals surface area contributed by atoms with Gasteiger partial charge in [0.1, 0.15) is 6.61 Å². The average Bonchev–Trinajstić information content (AvgIpc) is 3.18. The van der Waals surface area contributed by atoms with Crippen LogP contribution >= 0.6 is 0 Å². The summed E-state index contributed by atoms with van der Waals surface area (Å²) in [4.78, 5) is 13.4. The Bertz CT molecular complexity index is 903. The van der Waals surface area contributed by atoms with Gasteiger partial charge in [-0.25, -0.2) is 4.39 Å². The van der Waals surface area contributed by atoms with Crippen LogP contribution in [0, 0.1) is 30.5 Å². The van der Waals surface area contributed by atoms with Gasteiger partial charge in [0, 0.05) is 13.6 Å². The van der Waals surface area contributed by atoms with E-state index in [1.807, 2.05) is 30.3 Å². The number of amides is 1. The lowest BCUT2D eigenvalue weighted by Gasteiger charge is -2.27. The van der Waals surface area contributed by atoms with Crippen molar-refractivity contribution < 1.29 is 13.9 Å². The second-order valence-corrected chi connectivity index (χ2v) is 9.36. The topological polar surface area (TPSA) is 29.5 Å². The minimum absolute atomic E-state index is 0.122. The van der Waals surface area contributed by atoms with Crippen molar-refractivity contribution in [2.75, 3.05) is 7.05 Å². The molecule has 1 saturated carbocycles. The van der Waals surface area contributed by atoms with E-state index < -0.39 is 5.82 Å². The first-order valence-electron chi connectivity index (χ1n) is 12.6. The molecule has 0 N–H and O–H groups in total. The first kappa shape index (κ1) is 27.4. The number of fused-ring (bicyclic) bond motifs is 1. The zero-order valence-corrected chi connectivity index (χ0v) is 21.1. The molecule has 0 radical (unpaired) electrons. The fraction of sp³-hybridized carbons (Fsp3) is 0.500. The number of unbranched alkanes of at least 4 members (excludes halogenated alkanes) is 1. The van der Waals surface area contributed by atoms with Crippen molar-refractivity contribution in [1.29, 1.82) is 0 Å². The monoisotopic (exact) mass is 465 g/mol. The Hall–Kier alpha value is -2.80. The lowest BCUT2D eigenvalue weighted by Crippen LogP contribution is -2.18. The lowest BCUT2D eigenvalue weighted by molar-refractivity contribution is 0.0812. The number of carbonyl (C=O) groups is 1. The van der Waals surface area contributed by atoms with E-state index in [-0.39, 0.29) is 23.8 Å². The summed E-state index contributed by atoms with van der Waals surface area (Å²) >= 11 is 0. The molecule has 0 spiro atoms. The SMILES string of the molecule is C#C.CCCCC(C)C1CCCCC1.CN1Cc2ccc(OCc3ccccc3)c(F)c2C1=O. The van der Waals surface area contributed by atoms with Gasteiger partial charge in [0.25, 0.3) is 5.91 Å². The van der Waals surface area contributed by atoms with Gasteiger partial charge >= 0.3 is 0 Å². The maximum Gasteiger partial charge on any atom is 0.257 e. The highest BCUT2D eigenvalue weighted by Gasteiger charge is 2.29. The highest BCUT2D eigenvalue weighted by Crippen LogP contribution is 2.32. The second kappa shape index (κ2) is 14.5. The minimum atomic E-state index is -0.562. The molecule has 1 aliphatic heterocycles. The van der Waals surface area contributed by atoms with E-state index in [0.29, 0.717) is 12.1 Å². The third-order valence-electron chi connectivity index (χ3n) is 6.87. The second-order valence-electron chi connectivity index (χ2n) is 9.36. The summed E-state index contributed by atoms with van der Waals surface area (Å²) in [7, 11) is 1.66. The van der Waals surface area contributed by atoms with E-state index in [9.17, 15) is 9.18 Å². The molecule has 2 aromatic rings. The van der Waals surface area contributed by atoms with Gasteiger partial charge in [-0.1, -0.05) is 102 Å². The number of nitrogens with zero attached hydrogens (tertiary/aromatic N) is 1. The van der Waals surface area contributed by atoms with E-state index in [1.54, 1.807) is 19.2 Å². The van der Waals surface area contributed by atoms with Gasteiger partial charge in [-0.2, -0.15) is 0 Å². The fourth-order valence-electron chi connectivity index (χ4n) is 4.79. The van der Waals surface area contributed by atoms with Gasteiger partial charge in [-0.3, -0.25) is 4.79 Å². The third kappa shape index (κ3) is 7.62. The van der Waals surface area contributed by atoms with Crippen LogP contribution in [0.2, 0.25) is 0 Å². The van der Waals surface area contributed by atoms with E-state index in [4.69, 9.17) is 4.74 Å². The van der Waals surface area contributed by atoms with Crippen LogP contribution < -0.4 is 4.74 Å². The molecule has 3 nitrogen and oxygen atoms in total. The molecule has 0 bridgehead atoms. The molecule has 1 unspecified atom stereocenters. The summed E-state index contributed by atoms with van der Waals surface area (Å²) in [5, 5.41) is 0. The van der Waals surface area contributed by atoms with Crippen molar-refractivity contribution in [2.24, 2.45) is 11.8 Å². The van der Waals surface area contributed by atoms with Crippen LogP contribution in [0.5, 0.6) is 5.75 Å². The van der Waals surface area contributed by atoms with Gasteiger partial charge in [0.05, 0.1) is 5.56 Å². The quantitative estimate of drug-likeness (QED) is 0.393. The summed E-state index contributed by atoms with van der Waals surface area (Å²) in [5.74, 6) is 1.35. The number of carbonyl (C=O) groups excluding carboxylic acids is 1. The van der Waals surface area contributed by atoms with Gasteiger partial charge in [-0.15, -0.1) is 12.8 Å². The van der Waals surface area contributed by atoms with Crippen LogP contribution in [0.15, 0.2) is 42.5 Å². The van der Waals surface area contributed by atoms with E-state index in [1.165, 1.54) is 56.3 Å². The molecular weight excluding hydrogens is 425 g/mol. The molecule has 1 heterocycles. The highest BCUT2D eigenvalue weighted by molar-refractivity contribution is 5.98. The Labute approximate surface area is 205 Å². The van der Waals surface area contributed by atoms with Crippen molar-refractivity contribution in [1.82, 2.24) is 4.90 Å². The maximum atomic E-state index is 14.3. The Morgan fingerprint density at radius 3 is 2.41 bits per heavy atom. The molecule has 4 rings (SSSR count). The van der Waals surface area contributed by atoms with Gasteiger partial charge in [0.2, 0.25) is 0 Å². The van der Waals surface area contributed by atoms with E-state index in [2.05, 4.69) is 26.7 Å². The molecule has 1 aliphatic carbocycles. The van der Waals surface area contributed by atoms with Crippen LogP contribution in [0.4, 0.5) is 4.39 Å². The first-order chi connectivity index (χ1) is 16.5. The third-order valence-corrected chi connectivity index (χ3v) is 6.87. The maximum absolute atomic E-state index is 14.3. The molecule has 34 heavy (non-hydrogen) atoms. The lowest BCUT2D eigenvalue weighted by atomic mass is 9.79. The molecule has 4 heteroatoms. The highest BCUT2D eigenvalue weighted by atomic mass is 19.1. The molecule has 2 aromatic carbocycles. The molecule has 184 valence electrons. The average molecular weight is 466 g/mol. The molecule has 0 saturated heterocycles. The predicted molar refractivity (Wildman–Crippen MR) is 138 cm³/mol. The number of rotatable bonds is 7. The number of hydrogen-bond donors (Lipinski definition) is 0. The fourth-order valence-corrected chi connectivity index (χ4v) is 4.79. The van der Waals surface area contributed by atoms with Crippen molar-refractivity contribution in [3.05, 3.63) is 65.0 Å². The number of ether oxygens (including phenoxy) is 1. The Kier molecular flexibility index (Phi) is 11.7. The number of hydrogen-bond acceptors (Lipinski definition) is 2. The van der Waals surface area contributed by atoms with Crippen molar-refractivity contribution in [3.8, 4) is 18.6 Å². The number of terminal acetylenes is 1. The Morgan fingerprint density at radius 2 is 1.76 bits per heavy atom. The molecule has 1 atom stereocenters. The molecule has 1 fully saturated rings. The molecule has 2 aliphatic rings. The first-order valence-corrected chi connectivity index (χ1v) is 12.6. The van der Waals surface area contributed by atoms with Gasteiger partial charge in [-0.05, 0) is 29.0 Å². The summed E-state index contributed by atoms with van der Waals surface area (Å²) in [6.45, 7) is 5.49. The molecular formula is C30H40FNO2. The Morgan fingerprint density at radius 1 is 1.09 bits per heavy atom. The van der Waals surface area contributed by atoms with Crippen molar-refractivity contribution in [2.45, 2.75) is 78.4 Å². The normalized spacial score (nSPS) is 15.9. The number of halogens is 1. The van der Waals surface area contributed by atoms with Crippen LogP contribution in [-0.2, 0) is 13.2 Å². The summed E-state index contributed by atoms with van der Waals surface area (Å²) in [6.07, 6.45) is 19.8. The van der Waals surface area contributed by atoms with Gasteiger partial charge in [0.15, 0.2) is 11.6 Å². The number of benzene rings is 2. The predicted octanol–water partition coefficient (Wildman–Crippen LogP) is 7.63. The summed E-state index contributed by atoms with van der Waals surface area (Å²) in [6, 6.07) is 12.9. The molecule has 1 amide bonds. The zero-order valence-electron chi connectivity index (χ0n) is 21.1. The summed E-state index contributed by atoms with van der Waals surface area (Å²) < 4.78 is 19.8. The van der Waals surface area contributed by atoms with E-state index in [0.717, 1.165) is 17.4 Å². The van der Waals surface area contributed by atoms with Crippen LogP contribution in [0.1, 0.15) is 86.7 Å². The summed E-state index contributed by atoms with van der Waals surface area (Å²) in [5.41, 5.74) is 1.80. The van der Waals surface area contributed by atoms with Gasteiger partial charge < -0.3 is 9.64 Å². The molecule has 0 aromatic heterocycles. The minimum Gasteiger partial charge on any atom is -0.486 e. The smallest absolute Gasteiger partial charge is 0.257 e. The Balaban J connectivity index is 0.000000251. The largest absolute Gasteiger partial charge is 0.486 e. The zero-order chi connectivity index (χ0) is 24.9. The van der Waals surface area contributed by atoms with Crippen molar-refractivity contribution >= 4 is 5.91 Å². The van der Waals surface area contributed by atoms with Crippen molar-refractivity contribution in [3.63, 3.8) is 0 Å².